The molecule has 1 saturated heterocycles. The maximum absolute atomic E-state index is 12.4. The second-order valence-corrected chi connectivity index (χ2v) is 8.91. The molecule has 2 aromatic carbocycles. The number of ether oxygens (including phenoxy) is 1. The van der Waals surface area contributed by atoms with Gasteiger partial charge < -0.3 is 14.6 Å². The van der Waals surface area contributed by atoms with E-state index in [4.69, 9.17) is 16.3 Å². The fraction of sp³-hybridized carbons (Fsp3) is 0.320. The van der Waals surface area contributed by atoms with Crippen LogP contribution in [-0.2, 0) is 23.1 Å². The predicted molar refractivity (Wildman–Crippen MR) is 120 cm³/mol. The van der Waals surface area contributed by atoms with E-state index >= 15 is 0 Å². The van der Waals surface area contributed by atoms with Gasteiger partial charge in [-0.2, -0.15) is 0 Å². The molecule has 30 heavy (non-hydrogen) atoms. The van der Waals surface area contributed by atoms with Crippen molar-refractivity contribution < 1.29 is 9.53 Å². The topological polar surface area (TPSA) is 45.3 Å². The van der Waals surface area contributed by atoms with Crippen LogP contribution in [-0.4, -0.2) is 36.0 Å². The van der Waals surface area contributed by atoms with E-state index in [1.54, 1.807) is 7.11 Å². The smallest absolute Gasteiger partial charge is 0.245 e. The molecule has 4 nitrogen and oxygen atoms in total. The van der Waals surface area contributed by atoms with Crippen LogP contribution < -0.4 is 4.74 Å². The van der Waals surface area contributed by atoms with E-state index in [1.165, 1.54) is 28.3 Å². The lowest BCUT2D eigenvalue weighted by Gasteiger charge is -2.51. The first-order valence-electron chi connectivity index (χ1n) is 10.4. The van der Waals surface area contributed by atoms with Gasteiger partial charge in [0.1, 0.15) is 5.75 Å². The Balaban J connectivity index is 1.64. The molecule has 2 heterocycles. The van der Waals surface area contributed by atoms with Crippen LogP contribution in [0.15, 0.2) is 55.1 Å². The van der Waals surface area contributed by atoms with Crippen molar-refractivity contribution in [3.8, 4) is 5.75 Å². The Morgan fingerprint density at radius 2 is 2.20 bits per heavy atom. The first kappa shape index (κ1) is 19.3. The van der Waals surface area contributed by atoms with Crippen LogP contribution in [0, 0.1) is 5.92 Å². The van der Waals surface area contributed by atoms with E-state index in [0.29, 0.717) is 5.92 Å². The van der Waals surface area contributed by atoms with Crippen molar-refractivity contribution in [2.24, 2.45) is 5.92 Å². The summed E-state index contributed by atoms with van der Waals surface area (Å²) in [5.41, 5.74) is 5.01. The Morgan fingerprint density at radius 3 is 3.00 bits per heavy atom. The number of methoxy groups -OCH3 is 1. The van der Waals surface area contributed by atoms with Crippen LogP contribution in [0.25, 0.3) is 10.9 Å². The molecule has 1 aromatic heterocycles. The monoisotopic (exact) mass is 420 g/mol. The largest absolute Gasteiger partial charge is 0.497 e. The standard InChI is InChI=1S/C25H25ClN2O2/c1-3-24(29)28-10-9-25(16-5-4-6-19(11-16)30-2)14-23-20(12-17(25)15-28)21-13-18(26)7-8-22(21)27-23/h3-8,11,13,17,27H,1,9-10,12,14-15H2,2H3/t17?,25-/m1/s1. The van der Waals surface area contributed by atoms with Gasteiger partial charge in [0, 0.05) is 40.1 Å². The molecular formula is C25H25ClN2O2. The molecule has 2 aliphatic rings. The number of carbonyl (C=O) groups is 1. The van der Waals surface area contributed by atoms with Gasteiger partial charge in [0.25, 0.3) is 0 Å². The molecule has 0 radical (unpaired) electrons. The molecule has 1 amide bonds. The maximum atomic E-state index is 12.4. The number of nitrogens with one attached hydrogen (secondary N) is 1. The van der Waals surface area contributed by atoms with Crippen molar-refractivity contribution in [2.75, 3.05) is 20.2 Å². The maximum Gasteiger partial charge on any atom is 0.245 e. The van der Waals surface area contributed by atoms with Crippen LogP contribution in [0.5, 0.6) is 5.75 Å². The number of benzene rings is 2. The lowest BCUT2D eigenvalue weighted by Crippen LogP contribution is -2.54. The van der Waals surface area contributed by atoms with Crippen molar-refractivity contribution in [1.82, 2.24) is 9.88 Å². The molecule has 1 fully saturated rings. The van der Waals surface area contributed by atoms with Gasteiger partial charge in [-0.15, -0.1) is 0 Å². The van der Waals surface area contributed by atoms with E-state index in [0.717, 1.165) is 48.6 Å². The van der Waals surface area contributed by atoms with Crippen molar-refractivity contribution in [3.63, 3.8) is 0 Å². The number of aromatic nitrogens is 1. The van der Waals surface area contributed by atoms with Gasteiger partial charge in [-0.25, -0.2) is 0 Å². The third-order valence-corrected chi connectivity index (χ3v) is 7.32. The first-order chi connectivity index (χ1) is 14.5. The molecular weight excluding hydrogens is 396 g/mol. The van der Waals surface area contributed by atoms with Gasteiger partial charge in [0.2, 0.25) is 5.91 Å². The van der Waals surface area contributed by atoms with E-state index in [9.17, 15) is 4.79 Å². The number of aromatic amines is 1. The zero-order valence-electron chi connectivity index (χ0n) is 17.1. The molecule has 3 aromatic rings. The summed E-state index contributed by atoms with van der Waals surface area (Å²) < 4.78 is 5.53. The molecule has 1 unspecified atom stereocenters. The highest BCUT2D eigenvalue weighted by Gasteiger charge is 2.48. The number of fused-ring (bicyclic) bond motifs is 4. The molecule has 5 rings (SSSR count). The second kappa shape index (κ2) is 7.21. The molecule has 0 saturated carbocycles. The van der Waals surface area contributed by atoms with Gasteiger partial charge in [-0.3, -0.25) is 4.79 Å². The van der Waals surface area contributed by atoms with Crippen LogP contribution >= 0.6 is 11.6 Å². The highest BCUT2D eigenvalue weighted by Crippen LogP contribution is 2.49. The van der Waals surface area contributed by atoms with E-state index in [2.05, 4.69) is 41.9 Å². The normalized spacial score (nSPS) is 23.0. The Kier molecular flexibility index (Phi) is 4.62. The first-order valence-corrected chi connectivity index (χ1v) is 10.8. The minimum absolute atomic E-state index is 0.0158. The number of hydrogen-bond donors (Lipinski definition) is 1. The second-order valence-electron chi connectivity index (χ2n) is 8.48. The van der Waals surface area contributed by atoms with Gasteiger partial charge in [0.05, 0.1) is 7.11 Å². The van der Waals surface area contributed by atoms with Gasteiger partial charge in [0.15, 0.2) is 0 Å². The summed E-state index contributed by atoms with van der Waals surface area (Å²) in [7, 11) is 1.71. The van der Waals surface area contributed by atoms with Crippen LogP contribution in [0.4, 0.5) is 0 Å². The number of piperidine rings is 1. The Morgan fingerprint density at radius 1 is 1.33 bits per heavy atom. The third kappa shape index (κ3) is 2.93. The van der Waals surface area contributed by atoms with Crippen LogP contribution in [0.1, 0.15) is 23.2 Å². The van der Waals surface area contributed by atoms with E-state index in [1.807, 2.05) is 17.0 Å². The molecule has 154 valence electrons. The fourth-order valence-corrected chi connectivity index (χ4v) is 5.70. The summed E-state index contributed by atoms with van der Waals surface area (Å²) in [5, 5.41) is 1.95. The number of rotatable bonds is 3. The average molecular weight is 421 g/mol. The van der Waals surface area contributed by atoms with Crippen molar-refractivity contribution in [2.45, 2.75) is 24.7 Å². The number of nitrogens with zero attached hydrogens (tertiary/aromatic N) is 1. The highest BCUT2D eigenvalue weighted by molar-refractivity contribution is 6.31. The molecule has 1 aliphatic carbocycles. The molecule has 5 heteroatoms. The summed E-state index contributed by atoms with van der Waals surface area (Å²) in [4.78, 5) is 18.0. The summed E-state index contributed by atoms with van der Waals surface area (Å²) in [6, 6.07) is 14.5. The lowest BCUT2D eigenvalue weighted by atomic mass is 9.58. The quantitative estimate of drug-likeness (QED) is 0.612. The molecule has 1 N–H and O–H groups in total. The van der Waals surface area contributed by atoms with Gasteiger partial charge in [-0.05, 0) is 72.7 Å². The predicted octanol–water partition coefficient (Wildman–Crippen LogP) is 4.90. The number of H-pyrrole nitrogens is 1. The number of carbonyl (C=O) groups excluding carboxylic acids is 1. The number of hydrogen-bond acceptors (Lipinski definition) is 2. The van der Waals surface area contributed by atoms with Gasteiger partial charge in [-0.1, -0.05) is 30.3 Å². The van der Waals surface area contributed by atoms with Crippen molar-refractivity contribution in [3.05, 3.63) is 77.0 Å². The summed E-state index contributed by atoms with van der Waals surface area (Å²) in [6.07, 6.45) is 4.18. The number of amides is 1. The Labute approximate surface area is 181 Å². The number of likely N-dealkylation sites (tertiary alicyclic amines) is 1. The molecule has 1 aliphatic heterocycles. The molecule has 0 spiro atoms. The Hall–Kier alpha value is -2.72. The lowest BCUT2D eigenvalue weighted by molar-refractivity contribution is -0.129. The van der Waals surface area contributed by atoms with Gasteiger partial charge >= 0.3 is 0 Å². The van der Waals surface area contributed by atoms with Crippen LogP contribution in [0.3, 0.4) is 0 Å². The van der Waals surface area contributed by atoms with Crippen molar-refractivity contribution in [1.29, 1.82) is 0 Å². The Bertz CT molecular complexity index is 1150. The molecule has 0 bridgehead atoms. The summed E-state index contributed by atoms with van der Waals surface area (Å²) in [6.45, 7) is 5.16. The SMILES string of the molecule is C=CC(=O)N1CC[C@]2(c3cccc(OC)c3)Cc3[nH]c4ccc(Cl)cc4c3CC2C1. The average Bonchev–Trinajstić information content (AvgIpc) is 3.12. The third-order valence-electron chi connectivity index (χ3n) is 7.08. The minimum Gasteiger partial charge on any atom is -0.497 e. The zero-order chi connectivity index (χ0) is 20.9. The van der Waals surface area contributed by atoms with E-state index in [-0.39, 0.29) is 11.3 Å². The van der Waals surface area contributed by atoms with Crippen LogP contribution in [0.2, 0.25) is 5.02 Å². The highest BCUT2D eigenvalue weighted by atomic mass is 35.5. The summed E-state index contributed by atoms with van der Waals surface area (Å²) in [5.74, 6) is 1.20. The number of halogens is 1. The molecule has 2 atom stereocenters. The fourth-order valence-electron chi connectivity index (χ4n) is 5.53. The van der Waals surface area contributed by atoms with Crippen molar-refractivity contribution >= 4 is 28.4 Å². The minimum atomic E-state index is -0.0375. The summed E-state index contributed by atoms with van der Waals surface area (Å²) >= 11 is 6.30. The zero-order valence-corrected chi connectivity index (χ0v) is 17.8. The van der Waals surface area contributed by atoms with E-state index < -0.39 is 0 Å².